The van der Waals surface area contributed by atoms with Gasteiger partial charge in [-0.25, -0.2) is 0 Å². The summed E-state index contributed by atoms with van der Waals surface area (Å²) in [5, 5.41) is 0. The first-order valence-corrected chi connectivity index (χ1v) is 6.14. The molecule has 0 fully saturated rings. The van der Waals surface area contributed by atoms with E-state index in [1.54, 1.807) is 0 Å². The normalized spacial score (nSPS) is 19.2. The summed E-state index contributed by atoms with van der Waals surface area (Å²) in [6.07, 6.45) is 3.87. The van der Waals surface area contributed by atoms with Crippen LogP contribution >= 0.6 is 0 Å². The molecule has 1 aromatic rings. The lowest BCUT2D eigenvalue weighted by molar-refractivity contribution is 0.0873. The van der Waals surface area contributed by atoms with E-state index in [-0.39, 0.29) is 5.92 Å². The molecular weight excluding hydrogens is 210 g/mol. The van der Waals surface area contributed by atoms with E-state index >= 15 is 0 Å². The molecule has 0 saturated heterocycles. The number of likely N-dealkylation sites (N-methyl/N-ethyl adjacent to an activating group) is 1. The molecule has 2 heteroatoms. The maximum atomic E-state index is 12.3. The molecule has 1 aromatic carbocycles. The molecule has 1 aliphatic carbocycles. The summed E-state index contributed by atoms with van der Waals surface area (Å²) >= 11 is 0. The molecule has 0 amide bonds. The van der Waals surface area contributed by atoms with Crippen molar-refractivity contribution in [2.75, 3.05) is 20.1 Å². The van der Waals surface area contributed by atoms with Crippen molar-refractivity contribution in [1.29, 1.82) is 0 Å². The Morgan fingerprint density at radius 2 is 2.24 bits per heavy atom. The van der Waals surface area contributed by atoms with Gasteiger partial charge in [-0.15, -0.1) is 6.58 Å². The number of carbonyl (C=O) groups is 1. The van der Waals surface area contributed by atoms with Gasteiger partial charge < -0.3 is 4.90 Å². The molecule has 2 rings (SSSR count). The lowest BCUT2D eigenvalue weighted by Gasteiger charge is -2.26. The highest BCUT2D eigenvalue weighted by Gasteiger charge is 2.27. The number of carbonyl (C=O) groups excluding carboxylic acids is 1. The third-order valence-electron chi connectivity index (χ3n) is 3.39. The second kappa shape index (κ2) is 5.28. The molecule has 0 saturated carbocycles. The highest BCUT2D eigenvalue weighted by molar-refractivity contribution is 6.00. The van der Waals surface area contributed by atoms with Gasteiger partial charge in [0.25, 0.3) is 0 Å². The molecule has 1 atom stereocenters. The van der Waals surface area contributed by atoms with E-state index in [4.69, 9.17) is 0 Å². The fourth-order valence-electron chi connectivity index (χ4n) is 2.50. The topological polar surface area (TPSA) is 20.3 Å². The molecule has 0 spiro atoms. The van der Waals surface area contributed by atoms with Crippen LogP contribution in [0.5, 0.6) is 0 Å². The van der Waals surface area contributed by atoms with Gasteiger partial charge in [0.05, 0.1) is 0 Å². The second-order valence-corrected chi connectivity index (χ2v) is 4.77. The van der Waals surface area contributed by atoms with Crippen molar-refractivity contribution in [3.8, 4) is 0 Å². The number of nitrogens with zero attached hydrogens (tertiary/aromatic N) is 1. The molecule has 0 aromatic heterocycles. The van der Waals surface area contributed by atoms with Crippen LogP contribution in [0.1, 0.15) is 22.3 Å². The molecule has 0 aliphatic heterocycles. The molecule has 1 unspecified atom stereocenters. The highest BCUT2D eigenvalue weighted by atomic mass is 16.1. The Hall–Kier alpha value is -1.41. The van der Waals surface area contributed by atoms with Gasteiger partial charge in [0.2, 0.25) is 0 Å². The minimum Gasteiger partial charge on any atom is -0.302 e. The SMILES string of the molecule is C=CCN(C)CC1CCc2ccccc2C1=O. The number of ketones is 1. The average Bonchev–Trinajstić information content (AvgIpc) is 2.33. The number of fused-ring (bicyclic) bond motifs is 1. The zero-order valence-corrected chi connectivity index (χ0v) is 10.4. The van der Waals surface area contributed by atoms with Crippen LogP contribution in [0.15, 0.2) is 36.9 Å². The van der Waals surface area contributed by atoms with Gasteiger partial charge in [-0.3, -0.25) is 4.79 Å². The Kier molecular flexibility index (Phi) is 3.75. The van der Waals surface area contributed by atoms with Gasteiger partial charge in [-0.05, 0) is 25.5 Å². The summed E-state index contributed by atoms with van der Waals surface area (Å²) in [6, 6.07) is 7.98. The smallest absolute Gasteiger partial charge is 0.167 e. The zero-order valence-electron chi connectivity index (χ0n) is 10.4. The number of hydrogen-bond donors (Lipinski definition) is 0. The van der Waals surface area contributed by atoms with Crippen molar-refractivity contribution in [3.05, 3.63) is 48.0 Å². The Balaban J connectivity index is 2.09. The van der Waals surface area contributed by atoms with Crippen molar-refractivity contribution >= 4 is 5.78 Å². The highest BCUT2D eigenvalue weighted by Crippen LogP contribution is 2.25. The molecule has 2 nitrogen and oxygen atoms in total. The summed E-state index contributed by atoms with van der Waals surface area (Å²) in [5.41, 5.74) is 2.14. The van der Waals surface area contributed by atoms with Crippen LogP contribution < -0.4 is 0 Å². The van der Waals surface area contributed by atoms with E-state index in [0.717, 1.165) is 31.5 Å². The van der Waals surface area contributed by atoms with Gasteiger partial charge in [0.1, 0.15) is 0 Å². The molecule has 0 bridgehead atoms. The summed E-state index contributed by atoms with van der Waals surface area (Å²) in [7, 11) is 2.04. The van der Waals surface area contributed by atoms with E-state index in [0.29, 0.717) is 5.78 Å². The quantitative estimate of drug-likeness (QED) is 0.739. The van der Waals surface area contributed by atoms with E-state index in [1.807, 2.05) is 31.3 Å². The van der Waals surface area contributed by atoms with Crippen molar-refractivity contribution in [1.82, 2.24) is 4.90 Å². The van der Waals surface area contributed by atoms with Gasteiger partial charge >= 0.3 is 0 Å². The molecule has 0 radical (unpaired) electrons. The van der Waals surface area contributed by atoms with Crippen LogP contribution in [0, 0.1) is 5.92 Å². The predicted molar refractivity (Wildman–Crippen MR) is 70.3 cm³/mol. The molecule has 0 N–H and O–H groups in total. The maximum absolute atomic E-state index is 12.3. The van der Waals surface area contributed by atoms with Crippen molar-refractivity contribution < 1.29 is 4.79 Å². The number of Topliss-reactive ketones (excluding diaryl/α,β-unsaturated/α-hetero) is 1. The van der Waals surface area contributed by atoms with Crippen molar-refractivity contribution in [3.63, 3.8) is 0 Å². The molecular formula is C15H19NO. The number of rotatable bonds is 4. The third kappa shape index (κ3) is 2.64. The zero-order chi connectivity index (χ0) is 12.3. The first-order chi connectivity index (χ1) is 8.22. The fourth-order valence-corrected chi connectivity index (χ4v) is 2.50. The number of aryl methyl sites for hydroxylation is 1. The van der Waals surface area contributed by atoms with Crippen LogP contribution in [0.2, 0.25) is 0 Å². The Bertz CT molecular complexity index is 425. The lowest BCUT2D eigenvalue weighted by atomic mass is 9.82. The molecule has 0 heterocycles. The second-order valence-electron chi connectivity index (χ2n) is 4.77. The minimum atomic E-state index is 0.148. The largest absolute Gasteiger partial charge is 0.302 e. The molecule has 17 heavy (non-hydrogen) atoms. The predicted octanol–water partition coefficient (Wildman–Crippen LogP) is 2.55. The van der Waals surface area contributed by atoms with E-state index in [1.165, 1.54) is 5.56 Å². The number of hydrogen-bond acceptors (Lipinski definition) is 2. The summed E-state index contributed by atoms with van der Waals surface area (Å²) in [5.74, 6) is 0.456. The Labute approximate surface area is 103 Å². The first-order valence-electron chi connectivity index (χ1n) is 6.14. The van der Waals surface area contributed by atoms with E-state index in [9.17, 15) is 4.79 Å². The standard InChI is InChI=1S/C15H19NO/c1-3-10-16(2)11-13-9-8-12-6-4-5-7-14(12)15(13)17/h3-7,13H,1,8-11H2,2H3. The third-order valence-corrected chi connectivity index (χ3v) is 3.39. The van der Waals surface area contributed by atoms with Gasteiger partial charge in [-0.1, -0.05) is 30.3 Å². The summed E-state index contributed by atoms with van der Waals surface area (Å²) < 4.78 is 0. The van der Waals surface area contributed by atoms with Crippen LogP contribution in [0.3, 0.4) is 0 Å². The van der Waals surface area contributed by atoms with E-state index < -0.39 is 0 Å². The molecule has 1 aliphatic rings. The Morgan fingerprint density at radius 1 is 1.47 bits per heavy atom. The Morgan fingerprint density at radius 3 is 3.00 bits per heavy atom. The van der Waals surface area contributed by atoms with Crippen LogP contribution in [0.4, 0.5) is 0 Å². The van der Waals surface area contributed by atoms with Gasteiger partial charge in [0, 0.05) is 24.6 Å². The lowest BCUT2D eigenvalue weighted by Crippen LogP contribution is -2.33. The fraction of sp³-hybridized carbons (Fsp3) is 0.400. The van der Waals surface area contributed by atoms with Crippen LogP contribution in [-0.4, -0.2) is 30.8 Å². The van der Waals surface area contributed by atoms with E-state index in [2.05, 4.69) is 17.5 Å². The number of benzene rings is 1. The van der Waals surface area contributed by atoms with Gasteiger partial charge in [0.15, 0.2) is 5.78 Å². The molecule has 90 valence electrons. The van der Waals surface area contributed by atoms with Crippen molar-refractivity contribution in [2.45, 2.75) is 12.8 Å². The van der Waals surface area contributed by atoms with Crippen molar-refractivity contribution in [2.24, 2.45) is 5.92 Å². The first kappa shape index (κ1) is 12.1. The average molecular weight is 229 g/mol. The van der Waals surface area contributed by atoms with Crippen LogP contribution in [-0.2, 0) is 6.42 Å². The maximum Gasteiger partial charge on any atom is 0.167 e. The van der Waals surface area contributed by atoms with Gasteiger partial charge in [-0.2, -0.15) is 0 Å². The summed E-state index contributed by atoms with van der Waals surface area (Å²) in [4.78, 5) is 14.5. The minimum absolute atomic E-state index is 0.148. The monoisotopic (exact) mass is 229 g/mol. The van der Waals surface area contributed by atoms with Crippen LogP contribution in [0.25, 0.3) is 0 Å². The summed E-state index contributed by atoms with van der Waals surface area (Å²) in [6.45, 7) is 5.39.